The first kappa shape index (κ1) is 22.7. The average Bonchev–Trinajstić information content (AvgIpc) is 2.72. The number of carbonyl (C=O) groups excluding carboxylic acids is 3. The molecule has 0 aliphatic carbocycles. The number of aryl methyl sites for hydroxylation is 2. The van der Waals surface area contributed by atoms with Gasteiger partial charge in [-0.2, -0.15) is 0 Å². The van der Waals surface area contributed by atoms with E-state index >= 15 is 0 Å². The van der Waals surface area contributed by atoms with Crippen LogP contribution in [0, 0.1) is 13.8 Å². The van der Waals surface area contributed by atoms with E-state index in [0.29, 0.717) is 41.7 Å². The van der Waals surface area contributed by atoms with Crippen LogP contribution in [0.1, 0.15) is 56.6 Å². The number of benzene rings is 1. The second-order valence-electron chi connectivity index (χ2n) is 7.38. The van der Waals surface area contributed by atoms with E-state index in [9.17, 15) is 14.4 Å². The number of hydrogen-bond acceptors (Lipinski definition) is 6. The molecule has 31 heavy (non-hydrogen) atoms. The van der Waals surface area contributed by atoms with Crippen LogP contribution in [0.15, 0.2) is 24.3 Å². The molecule has 164 valence electrons. The third kappa shape index (κ3) is 4.69. The molecule has 2 aromatic rings. The molecule has 1 aliphatic heterocycles. The maximum absolute atomic E-state index is 13.3. The summed E-state index contributed by atoms with van der Waals surface area (Å²) in [6.07, 6.45) is 0. The summed E-state index contributed by atoms with van der Waals surface area (Å²) in [6.45, 7) is 8.03. The van der Waals surface area contributed by atoms with Gasteiger partial charge in [-0.1, -0.05) is 23.7 Å². The van der Waals surface area contributed by atoms with Crippen LogP contribution in [-0.2, 0) is 4.74 Å². The Labute approximate surface area is 186 Å². The van der Waals surface area contributed by atoms with Gasteiger partial charge in [-0.05, 0) is 39.8 Å². The molecule has 9 heteroatoms. The average molecular weight is 445 g/mol. The van der Waals surface area contributed by atoms with E-state index in [2.05, 4.69) is 9.97 Å². The molecule has 0 spiro atoms. The fourth-order valence-electron chi connectivity index (χ4n) is 3.70. The molecular weight excluding hydrogens is 420 g/mol. The molecule has 2 heterocycles. The van der Waals surface area contributed by atoms with Crippen LogP contribution in [-0.4, -0.2) is 69.8 Å². The van der Waals surface area contributed by atoms with Crippen molar-refractivity contribution < 1.29 is 19.1 Å². The van der Waals surface area contributed by atoms with E-state index in [4.69, 9.17) is 16.3 Å². The normalized spacial score (nSPS) is 16.2. The minimum absolute atomic E-state index is 0.0292. The topological polar surface area (TPSA) is 92.7 Å². The Hall–Kier alpha value is -3.00. The van der Waals surface area contributed by atoms with Crippen LogP contribution in [0.4, 0.5) is 0 Å². The van der Waals surface area contributed by atoms with Gasteiger partial charge in [0.2, 0.25) is 0 Å². The van der Waals surface area contributed by atoms with Gasteiger partial charge in [-0.15, -0.1) is 0 Å². The Kier molecular flexibility index (Phi) is 6.90. The van der Waals surface area contributed by atoms with Gasteiger partial charge < -0.3 is 14.5 Å². The van der Waals surface area contributed by atoms with Crippen molar-refractivity contribution in [2.75, 3.05) is 26.2 Å². The number of rotatable bonds is 4. The van der Waals surface area contributed by atoms with Gasteiger partial charge in [0.15, 0.2) is 0 Å². The molecule has 0 bridgehead atoms. The zero-order valence-corrected chi connectivity index (χ0v) is 18.8. The van der Waals surface area contributed by atoms with Crippen LogP contribution < -0.4 is 0 Å². The van der Waals surface area contributed by atoms with Crippen molar-refractivity contribution >= 4 is 29.4 Å². The second kappa shape index (κ2) is 9.43. The fourth-order valence-corrected chi connectivity index (χ4v) is 3.91. The lowest BCUT2D eigenvalue weighted by Gasteiger charge is -2.40. The van der Waals surface area contributed by atoms with Crippen molar-refractivity contribution in [3.63, 3.8) is 0 Å². The lowest BCUT2D eigenvalue weighted by Crippen LogP contribution is -2.55. The highest BCUT2D eigenvalue weighted by atomic mass is 35.5. The number of ether oxygens (including phenoxy) is 1. The molecule has 2 amide bonds. The number of hydrogen-bond donors (Lipinski definition) is 0. The minimum Gasteiger partial charge on any atom is -0.462 e. The Morgan fingerprint density at radius 2 is 1.84 bits per heavy atom. The van der Waals surface area contributed by atoms with Crippen molar-refractivity contribution in [1.82, 2.24) is 19.8 Å². The van der Waals surface area contributed by atoms with Gasteiger partial charge in [0.05, 0.1) is 22.9 Å². The number of esters is 1. The number of amides is 2. The van der Waals surface area contributed by atoms with Crippen molar-refractivity contribution in [3.05, 3.63) is 57.6 Å². The Morgan fingerprint density at radius 3 is 2.48 bits per heavy atom. The van der Waals surface area contributed by atoms with E-state index in [1.807, 2.05) is 6.92 Å². The number of carbonyl (C=O) groups is 3. The van der Waals surface area contributed by atoms with Crippen LogP contribution in [0.3, 0.4) is 0 Å². The zero-order valence-electron chi connectivity index (χ0n) is 18.0. The first-order valence-electron chi connectivity index (χ1n) is 10.1. The summed E-state index contributed by atoms with van der Waals surface area (Å²) in [4.78, 5) is 50.4. The quantitative estimate of drug-likeness (QED) is 0.673. The summed E-state index contributed by atoms with van der Waals surface area (Å²) in [5, 5.41) is 0.393. The Bertz CT molecular complexity index is 1030. The summed E-state index contributed by atoms with van der Waals surface area (Å²) >= 11 is 6.18. The van der Waals surface area contributed by atoms with Crippen molar-refractivity contribution in [2.45, 2.75) is 33.7 Å². The molecule has 8 nitrogen and oxygen atoms in total. The predicted octanol–water partition coefficient (Wildman–Crippen LogP) is 2.91. The van der Waals surface area contributed by atoms with E-state index in [1.54, 1.807) is 54.8 Å². The summed E-state index contributed by atoms with van der Waals surface area (Å²) in [5.41, 5.74) is 0.943. The summed E-state index contributed by atoms with van der Waals surface area (Å²) < 4.78 is 5.10. The van der Waals surface area contributed by atoms with Gasteiger partial charge in [0.1, 0.15) is 17.1 Å². The van der Waals surface area contributed by atoms with Gasteiger partial charge in [-0.25, -0.2) is 14.8 Å². The number of aromatic nitrogens is 2. The molecule has 1 aromatic heterocycles. The molecule has 1 aliphatic rings. The van der Waals surface area contributed by atoms with Crippen LogP contribution >= 0.6 is 11.6 Å². The molecule has 1 unspecified atom stereocenters. The molecule has 0 N–H and O–H groups in total. The third-order valence-corrected chi connectivity index (χ3v) is 5.49. The van der Waals surface area contributed by atoms with Crippen molar-refractivity contribution in [3.8, 4) is 0 Å². The lowest BCUT2D eigenvalue weighted by atomic mass is 10.1. The molecular formula is C22H25ClN4O4. The van der Waals surface area contributed by atoms with Crippen molar-refractivity contribution in [1.29, 1.82) is 0 Å². The molecule has 0 radical (unpaired) electrons. The predicted molar refractivity (Wildman–Crippen MR) is 115 cm³/mol. The van der Waals surface area contributed by atoms with Crippen LogP contribution in [0.2, 0.25) is 5.02 Å². The lowest BCUT2D eigenvalue weighted by molar-refractivity contribution is 0.0406. The molecule has 1 fully saturated rings. The van der Waals surface area contributed by atoms with E-state index in [1.165, 1.54) is 0 Å². The van der Waals surface area contributed by atoms with Gasteiger partial charge in [0.25, 0.3) is 11.8 Å². The van der Waals surface area contributed by atoms with E-state index in [-0.39, 0.29) is 35.7 Å². The fraction of sp³-hybridized carbons (Fsp3) is 0.409. The van der Waals surface area contributed by atoms with Crippen LogP contribution in [0.5, 0.6) is 0 Å². The number of piperazine rings is 1. The first-order chi connectivity index (χ1) is 14.7. The zero-order chi connectivity index (χ0) is 22.7. The SMILES string of the molecule is CCOC(=O)c1c(C)nc(C)nc1C(=O)N1CCN(C(=O)c2ccccc2Cl)C(C)C1. The maximum atomic E-state index is 13.3. The minimum atomic E-state index is -0.621. The molecule has 1 atom stereocenters. The van der Waals surface area contributed by atoms with Crippen molar-refractivity contribution in [2.24, 2.45) is 0 Å². The van der Waals surface area contributed by atoms with E-state index < -0.39 is 5.97 Å². The number of nitrogens with zero attached hydrogens (tertiary/aromatic N) is 4. The molecule has 0 saturated carbocycles. The molecule has 1 saturated heterocycles. The van der Waals surface area contributed by atoms with Gasteiger partial charge in [-0.3, -0.25) is 9.59 Å². The highest BCUT2D eigenvalue weighted by molar-refractivity contribution is 6.33. The Balaban J connectivity index is 1.82. The summed E-state index contributed by atoms with van der Waals surface area (Å²) in [7, 11) is 0. The highest BCUT2D eigenvalue weighted by Crippen LogP contribution is 2.22. The summed E-state index contributed by atoms with van der Waals surface area (Å²) in [5.74, 6) is -0.780. The van der Waals surface area contributed by atoms with Gasteiger partial charge in [0, 0.05) is 25.7 Å². The second-order valence-corrected chi connectivity index (χ2v) is 7.79. The number of halogens is 1. The van der Waals surface area contributed by atoms with E-state index in [0.717, 1.165) is 0 Å². The standard InChI is InChI=1S/C22H25ClN4O4/c1-5-31-22(30)18-14(3)24-15(4)25-19(18)21(29)26-10-11-27(13(2)12-26)20(28)16-8-6-7-9-17(16)23/h6-9,13H,5,10-12H2,1-4H3. The highest BCUT2D eigenvalue weighted by Gasteiger charge is 2.34. The monoisotopic (exact) mass is 444 g/mol. The van der Waals surface area contributed by atoms with Crippen LogP contribution in [0.25, 0.3) is 0 Å². The maximum Gasteiger partial charge on any atom is 0.342 e. The molecule has 1 aromatic carbocycles. The third-order valence-electron chi connectivity index (χ3n) is 5.16. The molecule has 3 rings (SSSR count). The van der Waals surface area contributed by atoms with Gasteiger partial charge >= 0.3 is 5.97 Å². The summed E-state index contributed by atoms with van der Waals surface area (Å²) in [6, 6.07) is 6.66. The first-order valence-corrected chi connectivity index (χ1v) is 10.5. The smallest absolute Gasteiger partial charge is 0.342 e. The largest absolute Gasteiger partial charge is 0.462 e. The Morgan fingerprint density at radius 1 is 1.13 bits per heavy atom.